The van der Waals surface area contributed by atoms with Gasteiger partial charge in [0.05, 0.1) is 0 Å². The standard InChI is InChI=1S/C22H47NO3S2Si/c1-8-9-10-11-12-13-16-23-22(27)28-17-14-15-18-29(24-19(2)3,25-20(4)5)26-21(6)7/h19-21H,8-18H2,1-7H3,(H,23,27). The average molecular weight is 466 g/mol. The van der Waals surface area contributed by atoms with Crippen LogP contribution in [0.25, 0.3) is 0 Å². The van der Waals surface area contributed by atoms with Gasteiger partial charge in [0.2, 0.25) is 0 Å². The van der Waals surface area contributed by atoms with E-state index < -0.39 is 8.80 Å². The van der Waals surface area contributed by atoms with Crippen LogP contribution in [0.2, 0.25) is 6.04 Å². The van der Waals surface area contributed by atoms with Crippen LogP contribution in [-0.2, 0) is 13.3 Å². The van der Waals surface area contributed by atoms with E-state index in [1.165, 1.54) is 38.5 Å². The molecule has 0 aliphatic heterocycles. The normalized spacial score (nSPS) is 12.3. The molecule has 0 bridgehead atoms. The summed E-state index contributed by atoms with van der Waals surface area (Å²) in [4.78, 5) is 0. The van der Waals surface area contributed by atoms with Gasteiger partial charge in [0.25, 0.3) is 0 Å². The summed E-state index contributed by atoms with van der Waals surface area (Å²) >= 11 is 7.21. The van der Waals surface area contributed by atoms with Gasteiger partial charge in [-0.25, -0.2) is 0 Å². The Morgan fingerprint density at radius 1 is 0.793 bits per heavy atom. The summed E-state index contributed by atoms with van der Waals surface area (Å²) in [5, 5.41) is 3.39. The van der Waals surface area contributed by atoms with E-state index in [9.17, 15) is 0 Å². The lowest BCUT2D eigenvalue weighted by atomic mass is 10.1. The molecule has 0 heterocycles. The van der Waals surface area contributed by atoms with Gasteiger partial charge in [-0.15, -0.1) is 0 Å². The van der Waals surface area contributed by atoms with Crippen molar-refractivity contribution in [3.05, 3.63) is 0 Å². The Balaban J connectivity index is 4.13. The molecule has 4 nitrogen and oxygen atoms in total. The SMILES string of the molecule is CCCCCCCCNC(=S)SCCCC[Si](OC(C)C)(OC(C)C)OC(C)C. The lowest BCUT2D eigenvalue weighted by Gasteiger charge is -2.34. The lowest BCUT2D eigenvalue weighted by molar-refractivity contribution is 0.00288. The third kappa shape index (κ3) is 17.7. The molecule has 0 unspecified atom stereocenters. The number of unbranched alkanes of at least 4 members (excludes halogenated alkanes) is 6. The summed E-state index contributed by atoms with van der Waals surface area (Å²) in [5.41, 5.74) is 0. The number of hydrogen-bond donors (Lipinski definition) is 1. The monoisotopic (exact) mass is 465 g/mol. The molecule has 1 N–H and O–H groups in total. The molecule has 0 aliphatic carbocycles. The molecule has 0 amide bonds. The van der Waals surface area contributed by atoms with Crippen molar-refractivity contribution in [3.8, 4) is 0 Å². The van der Waals surface area contributed by atoms with Crippen molar-refractivity contribution < 1.29 is 13.3 Å². The van der Waals surface area contributed by atoms with Gasteiger partial charge in [-0.3, -0.25) is 0 Å². The minimum Gasteiger partial charge on any atom is -0.371 e. The van der Waals surface area contributed by atoms with Crippen molar-refractivity contribution in [2.24, 2.45) is 0 Å². The zero-order chi connectivity index (χ0) is 22.1. The third-order valence-corrected chi connectivity index (χ3v) is 9.01. The van der Waals surface area contributed by atoms with Gasteiger partial charge < -0.3 is 18.6 Å². The molecule has 0 saturated carbocycles. The number of hydrogen-bond acceptors (Lipinski definition) is 5. The van der Waals surface area contributed by atoms with Crippen LogP contribution in [0.1, 0.15) is 99.8 Å². The van der Waals surface area contributed by atoms with Gasteiger partial charge in [0.1, 0.15) is 4.32 Å². The molecular formula is C22H47NO3S2Si. The molecule has 7 heteroatoms. The fraction of sp³-hybridized carbons (Fsp3) is 0.955. The highest BCUT2D eigenvalue weighted by atomic mass is 32.2. The molecule has 0 aromatic rings. The van der Waals surface area contributed by atoms with Crippen LogP contribution >= 0.6 is 24.0 Å². The first-order valence-electron chi connectivity index (χ1n) is 11.6. The minimum atomic E-state index is -2.66. The highest BCUT2D eigenvalue weighted by molar-refractivity contribution is 8.22. The van der Waals surface area contributed by atoms with Crippen LogP contribution in [0, 0.1) is 0 Å². The maximum atomic E-state index is 6.24. The second-order valence-corrected chi connectivity index (χ2v) is 12.8. The topological polar surface area (TPSA) is 39.7 Å². The van der Waals surface area contributed by atoms with Crippen LogP contribution in [0.4, 0.5) is 0 Å². The molecule has 0 aromatic heterocycles. The van der Waals surface area contributed by atoms with Gasteiger partial charge in [-0.05, 0) is 60.8 Å². The quantitative estimate of drug-likeness (QED) is 0.134. The predicted octanol–water partition coefficient (Wildman–Crippen LogP) is 6.95. The Bertz CT molecular complexity index is 383. The van der Waals surface area contributed by atoms with E-state index in [1.54, 1.807) is 11.8 Å². The maximum Gasteiger partial charge on any atom is 0.501 e. The molecular weight excluding hydrogens is 418 g/mol. The Kier molecular flexibility index (Phi) is 18.2. The van der Waals surface area contributed by atoms with E-state index in [1.807, 2.05) is 0 Å². The number of thioether (sulfide) groups is 1. The molecule has 0 spiro atoms. The molecule has 0 saturated heterocycles. The lowest BCUT2D eigenvalue weighted by Crippen LogP contribution is -2.50. The first kappa shape index (κ1) is 29.3. The zero-order valence-electron chi connectivity index (χ0n) is 20.1. The fourth-order valence-electron chi connectivity index (χ4n) is 3.09. The molecule has 0 aliphatic rings. The first-order valence-corrected chi connectivity index (χ1v) is 15.0. The predicted molar refractivity (Wildman–Crippen MR) is 135 cm³/mol. The van der Waals surface area contributed by atoms with E-state index in [0.717, 1.165) is 35.5 Å². The Morgan fingerprint density at radius 2 is 1.31 bits per heavy atom. The fourth-order valence-corrected chi connectivity index (χ4v) is 7.54. The van der Waals surface area contributed by atoms with Gasteiger partial charge in [-0.1, -0.05) is 63.0 Å². The first-order chi connectivity index (χ1) is 13.7. The van der Waals surface area contributed by atoms with E-state index >= 15 is 0 Å². The number of rotatable bonds is 18. The van der Waals surface area contributed by atoms with E-state index in [-0.39, 0.29) is 18.3 Å². The molecule has 0 atom stereocenters. The van der Waals surface area contributed by atoms with Crippen LogP contribution in [0.5, 0.6) is 0 Å². The van der Waals surface area contributed by atoms with Crippen LogP contribution in [0.15, 0.2) is 0 Å². The average Bonchev–Trinajstić information content (AvgIpc) is 2.58. The Labute approximate surface area is 192 Å². The summed E-state index contributed by atoms with van der Waals surface area (Å²) in [5.74, 6) is 1.03. The molecule has 0 radical (unpaired) electrons. The second-order valence-electron chi connectivity index (χ2n) is 8.47. The number of nitrogens with one attached hydrogen (secondary N) is 1. The van der Waals surface area contributed by atoms with Crippen LogP contribution in [-0.4, -0.2) is 43.7 Å². The zero-order valence-corrected chi connectivity index (χ0v) is 22.7. The van der Waals surface area contributed by atoms with Crippen molar-refractivity contribution in [2.75, 3.05) is 12.3 Å². The molecule has 29 heavy (non-hydrogen) atoms. The maximum absolute atomic E-state index is 6.24. The van der Waals surface area contributed by atoms with Crippen LogP contribution < -0.4 is 5.32 Å². The smallest absolute Gasteiger partial charge is 0.371 e. The number of thiocarbonyl (C=S) groups is 1. The summed E-state index contributed by atoms with van der Waals surface area (Å²) in [7, 11) is -2.66. The van der Waals surface area contributed by atoms with Crippen molar-refractivity contribution in [1.82, 2.24) is 5.32 Å². The van der Waals surface area contributed by atoms with Crippen LogP contribution in [0.3, 0.4) is 0 Å². The highest BCUT2D eigenvalue weighted by Crippen LogP contribution is 2.25. The van der Waals surface area contributed by atoms with Gasteiger partial charge in [0.15, 0.2) is 0 Å². The van der Waals surface area contributed by atoms with Gasteiger partial charge in [0, 0.05) is 36.7 Å². The van der Waals surface area contributed by atoms with E-state index in [0.29, 0.717) is 0 Å². The minimum absolute atomic E-state index is 0.104. The van der Waals surface area contributed by atoms with E-state index in [2.05, 4.69) is 53.8 Å². The Hall–Kier alpha value is 0.337. The summed E-state index contributed by atoms with van der Waals surface area (Å²) < 4.78 is 19.6. The molecule has 0 aromatic carbocycles. The third-order valence-electron chi connectivity index (χ3n) is 4.16. The van der Waals surface area contributed by atoms with Crippen molar-refractivity contribution >= 4 is 37.1 Å². The Morgan fingerprint density at radius 3 is 1.83 bits per heavy atom. The summed E-state index contributed by atoms with van der Waals surface area (Å²) in [6.45, 7) is 15.6. The van der Waals surface area contributed by atoms with E-state index in [4.69, 9.17) is 25.5 Å². The van der Waals surface area contributed by atoms with Crippen molar-refractivity contribution in [2.45, 2.75) is 124 Å². The molecule has 0 fully saturated rings. The summed E-state index contributed by atoms with van der Waals surface area (Å²) in [6.07, 6.45) is 10.3. The van der Waals surface area contributed by atoms with Gasteiger partial charge >= 0.3 is 8.80 Å². The molecule has 0 rings (SSSR count). The largest absolute Gasteiger partial charge is 0.501 e. The molecule has 174 valence electrons. The second kappa shape index (κ2) is 18.0. The van der Waals surface area contributed by atoms with Crippen molar-refractivity contribution in [3.63, 3.8) is 0 Å². The van der Waals surface area contributed by atoms with Crippen molar-refractivity contribution in [1.29, 1.82) is 0 Å². The van der Waals surface area contributed by atoms with Gasteiger partial charge in [-0.2, -0.15) is 0 Å². The highest BCUT2D eigenvalue weighted by Gasteiger charge is 2.43. The summed E-state index contributed by atoms with van der Waals surface area (Å²) in [6, 6.07) is 0.861.